The van der Waals surface area contributed by atoms with E-state index in [2.05, 4.69) is 0 Å². The third kappa shape index (κ3) is 3.32. The van der Waals surface area contributed by atoms with Crippen LogP contribution in [0, 0.1) is 0 Å². The first kappa shape index (κ1) is 14.7. The zero-order valence-electron chi connectivity index (χ0n) is 11.1. The van der Waals surface area contributed by atoms with Gasteiger partial charge in [-0.1, -0.05) is 31.2 Å². The fourth-order valence-electron chi connectivity index (χ4n) is 1.86. The molecular weight excluding hydrogens is 250 g/mol. The van der Waals surface area contributed by atoms with Gasteiger partial charge in [-0.25, -0.2) is 8.42 Å². The standard InChI is InChI=1S/C13H19NO3S/c1-5-10-8-6-7-9-11(10)13(2,3)12(15)14-18(4,16)17/h6-9H,5H2,1-4H3,(H,14,15). The van der Waals surface area contributed by atoms with Crippen LogP contribution < -0.4 is 4.72 Å². The van der Waals surface area contributed by atoms with Crippen LogP contribution in [0.5, 0.6) is 0 Å². The normalized spacial score (nSPS) is 12.2. The molecular formula is C13H19NO3S. The minimum atomic E-state index is -3.53. The van der Waals surface area contributed by atoms with Crippen LogP contribution in [0.3, 0.4) is 0 Å². The molecule has 1 amide bonds. The monoisotopic (exact) mass is 269 g/mol. The lowest BCUT2D eigenvalue weighted by molar-refractivity contribution is -0.123. The van der Waals surface area contributed by atoms with E-state index in [9.17, 15) is 13.2 Å². The van der Waals surface area contributed by atoms with E-state index in [4.69, 9.17) is 0 Å². The fourth-order valence-corrected chi connectivity index (χ4v) is 2.45. The first-order valence-electron chi connectivity index (χ1n) is 5.79. The fraction of sp³-hybridized carbons (Fsp3) is 0.462. The van der Waals surface area contributed by atoms with Crippen LogP contribution in [-0.2, 0) is 26.7 Å². The average Bonchev–Trinajstić information content (AvgIpc) is 2.26. The topological polar surface area (TPSA) is 63.2 Å². The lowest BCUT2D eigenvalue weighted by atomic mass is 9.80. The van der Waals surface area contributed by atoms with Crippen molar-refractivity contribution < 1.29 is 13.2 Å². The Morgan fingerprint density at radius 2 is 1.83 bits per heavy atom. The summed E-state index contributed by atoms with van der Waals surface area (Å²) in [5.41, 5.74) is 1.02. The summed E-state index contributed by atoms with van der Waals surface area (Å²) in [5, 5.41) is 0. The quantitative estimate of drug-likeness (QED) is 0.903. The SMILES string of the molecule is CCc1ccccc1C(C)(C)C(=O)NS(C)(=O)=O. The van der Waals surface area contributed by atoms with Crippen molar-refractivity contribution in [1.29, 1.82) is 0 Å². The Morgan fingerprint density at radius 1 is 1.28 bits per heavy atom. The maximum Gasteiger partial charge on any atom is 0.243 e. The van der Waals surface area contributed by atoms with Gasteiger partial charge >= 0.3 is 0 Å². The van der Waals surface area contributed by atoms with Gasteiger partial charge in [-0.3, -0.25) is 9.52 Å². The molecule has 0 unspecified atom stereocenters. The Balaban J connectivity index is 3.16. The van der Waals surface area contributed by atoms with Gasteiger partial charge in [0.1, 0.15) is 0 Å². The number of carbonyl (C=O) groups excluding carboxylic acids is 1. The molecule has 0 saturated heterocycles. The highest BCUT2D eigenvalue weighted by Gasteiger charge is 2.32. The summed E-state index contributed by atoms with van der Waals surface area (Å²) < 4.78 is 24.3. The van der Waals surface area contributed by atoms with E-state index in [0.29, 0.717) is 0 Å². The molecule has 0 atom stereocenters. The molecule has 4 nitrogen and oxygen atoms in total. The van der Waals surface area contributed by atoms with Gasteiger partial charge < -0.3 is 0 Å². The van der Waals surface area contributed by atoms with Crippen molar-refractivity contribution in [2.75, 3.05) is 6.26 Å². The predicted octanol–water partition coefficient (Wildman–Crippen LogP) is 1.60. The molecule has 1 rings (SSSR count). The molecule has 1 aromatic rings. The molecule has 0 bridgehead atoms. The van der Waals surface area contributed by atoms with Gasteiger partial charge in [-0.05, 0) is 31.4 Å². The number of nitrogens with one attached hydrogen (secondary N) is 1. The maximum atomic E-state index is 12.1. The van der Waals surface area contributed by atoms with Gasteiger partial charge in [0.2, 0.25) is 15.9 Å². The van der Waals surface area contributed by atoms with E-state index in [-0.39, 0.29) is 0 Å². The highest BCUT2D eigenvalue weighted by molar-refractivity contribution is 7.89. The van der Waals surface area contributed by atoms with E-state index in [1.807, 2.05) is 35.9 Å². The molecule has 100 valence electrons. The average molecular weight is 269 g/mol. The Labute approximate surface area is 108 Å². The molecule has 0 aliphatic heterocycles. The van der Waals surface area contributed by atoms with Crippen molar-refractivity contribution >= 4 is 15.9 Å². The predicted molar refractivity (Wildman–Crippen MR) is 71.8 cm³/mol. The second kappa shape index (κ2) is 5.10. The summed E-state index contributed by atoms with van der Waals surface area (Å²) in [6.07, 6.45) is 1.78. The summed E-state index contributed by atoms with van der Waals surface area (Å²) >= 11 is 0. The number of benzene rings is 1. The molecule has 0 aliphatic rings. The van der Waals surface area contributed by atoms with Crippen LogP contribution in [0.2, 0.25) is 0 Å². The smallest absolute Gasteiger partial charge is 0.243 e. The second-order valence-corrected chi connectivity index (χ2v) is 6.59. The van der Waals surface area contributed by atoms with Gasteiger partial charge in [0.25, 0.3) is 0 Å². The van der Waals surface area contributed by atoms with E-state index < -0.39 is 21.3 Å². The van der Waals surface area contributed by atoms with Crippen LogP contribution in [-0.4, -0.2) is 20.6 Å². The van der Waals surface area contributed by atoms with Crippen LogP contribution >= 0.6 is 0 Å². The first-order valence-corrected chi connectivity index (χ1v) is 7.68. The zero-order chi connectivity index (χ0) is 14.0. The summed E-state index contributed by atoms with van der Waals surface area (Å²) in [6, 6.07) is 7.57. The molecule has 0 saturated carbocycles. The maximum absolute atomic E-state index is 12.1. The summed E-state index contributed by atoms with van der Waals surface area (Å²) in [4.78, 5) is 12.1. The molecule has 5 heteroatoms. The minimum absolute atomic E-state index is 0.508. The van der Waals surface area contributed by atoms with Crippen molar-refractivity contribution in [1.82, 2.24) is 4.72 Å². The highest BCUT2D eigenvalue weighted by atomic mass is 32.2. The van der Waals surface area contributed by atoms with Crippen LogP contribution in [0.15, 0.2) is 24.3 Å². The van der Waals surface area contributed by atoms with Gasteiger partial charge in [-0.2, -0.15) is 0 Å². The second-order valence-electron chi connectivity index (χ2n) is 4.84. The summed E-state index contributed by atoms with van der Waals surface area (Å²) in [6.45, 7) is 5.45. The molecule has 0 spiro atoms. The first-order chi connectivity index (χ1) is 8.18. The number of amides is 1. The van der Waals surface area contributed by atoms with E-state index in [0.717, 1.165) is 23.8 Å². The van der Waals surface area contributed by atoms with Gasteiger partial charge in [-0.15, -0.1) is 0 Å². The van der Waals surface area contributed by atoms with Crippen molar-refractivity contribution in [3.05, 3.63) is 35.4 Å². The number of sulfonamides is 1. The number of aryl methyl sites for hydroxylation is 1. The van der Waals surface area contributed by atoms with E-state index in [1.165, 1.54) is 0 Å². The van der Waals surface area contributed by atoms with Crippen LogP contribution in [0.1, 0.15) is 31.9 Å². The lowest BCUT2D eigenvalue weighted by Crippen LogP contribution is -2.43. The molecule has 0 aromatic heterocycles. The minimum Gasteiger partial charge on any atom is -0.273 e. The Hall–Kier alpha value is -1.36. The van der Waals surface area contributed by atoms with E-state index in [1.54, 1.807) is 13.8 Å². The molecule has 18 heavy (non-hydrogen) atoms. The molecule has 1 N–H and O–H groups in total. The summed E-state index contributed by atoms with van der Waals surface area (Å²) in [7, 11) is -3.53. The molecule has 0 aliphatic carbocycles. The van der Waals surface area contributed by atoms with Gasteiger partial charge in [0, 0.05) is 0 Å². The van der Waals surface area contributed by atoms with E-state index >= 15 is 0 Å². The lowest BCUT2D eigenvalue weighted by Gasteiger charge is -2.26. The third-order valence-corrected chi connectivity index (χ3v) is 3.47. The Bertz CT molecular complexity index is 547. The molecule has 1 aromatic carbocycles. The Morgan fingerprint density at radius 3 is 2.33 bits per heavy atom. The van der Waals surface area contributed by atoms with Gasteiger partial charge in [0.15, 0.2) is 0 Å². The van der Waals surface area contributed by atoms with Crippen LogP contribution in [0.25, 0.3) is 0 Å². The largest absolute Gasteiger partial charge is 0.273 e. The van der Waals surface area contributed by atoms with Gasteiger partial charge in [0.05, 0.1) is 11.7 Å². The molecule has 0 heterocycles. The van der Waals surface area contributed by atoms with Crippen LogP contribution in [0.4, 0.5) is 0 Å². The van der Waals surface area contributed by atoms with Crippen molar-refractivity contribution in [3.63, 3.8) is 0 Å². The molecule has 0 fully saturated rings. The molecule has 0 radical (unpaired) electrons. The van der Waals surface area contributed by atoms with Crippen molar-refractivity contribution in [2.24, 2.45) is 0 Å². The Kier molecular flexibility index (Phi) is 4.16. The van der Waals surface area contributed by atoms with Crippen molar-refractivity contribution in [2.45, 2.75) is 32.6 Å². The zero-order valence-corrected chi connectivity index (χ0v) is 12.0. The third-order valence-electron chi connectivity index (χ3n) is 2.92. The number of hydrogen-bond donors (Lipinski definition) is 1. The summed E-state index contributed by atoms with van der Waals surface area (Å²) in [5.74, 6) is -0.508. The number of carbonyl (C=O) groups is 1. The number of rotatable bonds is 4. The number of hydrogen-bond acceptors (Lipinski definition) is 3. The van der Waals surface area contributed by atoms with Crippen molar-refractivity contribution in [3.8, 4) is 0 Å². The highest BCUT2D eigenvalue weighted by Crippen LogP contribution is 2.27.